The molecule has 0 aliphatic heterocycles. The molecule has 15 heavy (non-hydrogen) atoms. The highest BCUT2D eigenvalue weighted by Gasteiger charge is 2.61. The SMILES string of the molecule is CO[C@H]1CC2(C[C@@H]1O)C1CCC(C1)[C@H]2N. The molecule has 3 N–H and O–H groups in total. The van der Waals surface area contributed by atoms with Gasteiger partial charge in [-0.1, -0.05) is 0 Å². The van der Waals surface area contributed by atoms with Crippen molar-refractivity contribution in [3.8, 4) is 0 Å². The summed E-state index contributed by atoms with van der Waals surface area (Å²) < 4.78 is 5.36. The van der Waals surface area contributed by atoms with Gasteiger partial charge in [-0.25, -0.2) is 0 Å². The van der Waals surface area contributed by atoms with E-state index in [9.17, 15) is 5.11 Å². The molecule has 0 heterocycles. The van der Waals surface area contributed by atoms with E-state index in [-0.39, 0.29) is 17.6 Å². The van der Waals surface area contributed by atoms with Crippen molar-refractivity contribution in [2.75, 3.05) is 7.11 Å². The van der Waals surface area contributed by atoms with Crippen LogP contribution in [0.25, 0.3) is 0 Å². The third-order valence-electron chi connectivity index (χ3n) is 5.36. The molecule has 0 aromatic rings. The van der Waals surface area contributed by atoms with Crippen molar-refractivity contribution in [2.24, 2.45) is 23.0 Å². The predicted molar refractivity (Wildman–Crippen MR) is 57.3 cm³/mol. The van der Waals surface area contributed by atoms with Crippen molar-refractivity contribution in [1.82, 2.24) is 0 Å². The zero-order valence-electron chi connectivity index (χ0n) is 9.36. The normalized spacial score (nSPS) is 58.2. The van der Waals surface area contributed by atoms with Crippen molar-refractivity contribution < 1.29 is 9.84 Å². The Morgan fingerprint density at radius 3 is 2.67 bits per heavy atom. The van der Waals surface area contributed by atoms with E-state index in [4.69, 9.17) is 10.5 Å². The minimum atomic E-state index is -0.291. The van der Waals surface area contributed by atoms with Gasteiger partial charge in [-0.2, -0.15) is 0 Å². The highest BCUT2D eigenvalue weighted by molar-refractivity contribution is 5.13. The van der Waals surface area contributed by atoms with Crippen LogP contribution in [-0.2, 0) is 4.74 Å². The minimum absolute atomic E-state index is 0.0235. The maximum absolute atomic E-state index is 9.98. The van der Waals surface area contributed by atoms with Gasteiger partial charge in [0.15, 0.2) is 0 Å². The number of hydrogen-bond acceptors (Lipinski definition) is 3. The number of rotatable bonds is 1. The van der Waals surface area contributed by atoms with Gasteiger partial charge in [0.1, 0.15) is 0 Å². The molecule has 0 radical (unpaired) electrons. The minimum Gasteiger partial charge on any atom is -0.390 e. The number of ether oxygens (including phenoxy) is 1. The monoisotopic (exact) mass is 211 g/mol. The van der Waals surface area contributed by atoms with Gasteiger partial charge in [0.25, 0.3) is 0 Å². The summed E-state index contributed by atoms with van der Waals surface area (Å²) in [5, 5.41) is 9.98. The zero-order valence-corrected chi connectivity index (χ0v) is 9.36. The average Bonchev–Trinajstić information content (AvgIpc) is 2.85. The topological polar surface area (TPSA) is 55.5 Å². The lowest BCUT2D eigenvalue weighted by atomic mass is 9.69. The first-order chi connectivity index (χ1) is 7.17. The van der Waals surface area contributed by atoms with Crippen molar-refractivity contribution in [3.05, 3.63) is 0 Å². The molecule has 3 fully saturated rings. The Morgan fingerprint density at radius 2 is 2.13 bits per heavy atom. The van der Waals surface area contributed by atoms with Gasteiger partial charge in [0.2, 0.25) is 0 Å². The molecule has 0 saturated heterocycles. The Kier molecular flexibility index (Phi) is 2.14. The summed E-state index contributed by atoms with van der Waals surface area (Å²) in [4.78, 5) is 0. The summed E-state index contributed by atoms with van der Waals surface area (Å²) in [5.41, 5.74) is 6.58. The van der Waals surface area contributed by atoms with Gasteiger partial charge in [0.05, 0.1) is 12.2 Å². The fourth-order valence-corrected chi connectivity index (χ4v) is 4.57. The molecular weight excluding hydrogens is 190 g/mol. The van der Waals surface area contributed by atoms with Crippen LogP contribution >= 0.6 is 0 Å². The molecule has 6 atom stereocenters. The van der Waals surface area contributed by atoms with E-state index in [0.717, 1.165) is 24.7 Å². The third kappa shape index (κ3) is 1.17. The predicted octanol–water partition coefficient (Wildman–Crippen LogP) is 0.900. The van der Waals surface area contributed by atoms with Crippen LogP contribution in [-0.4, -0.2) is 30.5 Å². The highest BCUT2D eigenvalue weighted by Crippen LogP contribution is 2.62. The summed E-state index contributed by atoms with van der Waals surface area (Å²) in [6.07, 6.45) is 5.50. The van der Waals surface area contributed by atoms with E-state index in [0.29, 0.717) is 6.04 Å². The van der Waals surface area contributed by atoms with Gasteiger partial charge in [-0.3, -0.25) is 0 Å². The van der Waals surface area contributed by atoms with E-state index >= 15 is 0 Å². The van der Waals surface area contributed by atoms with E-state index < -0.39 is 0 Å². The van der Waals surface area contributed by atoms with Gasteiger partial charge in [-0.15, -0.1) is 0 Å². The molecule has 2 bridgehead atoms. The molecule has 0 aromatic heterocycles. The third-order valence-corrected chi connectivity index (χ3v) is 5.36. The number of nitrogens with two attached hydrogens (primary N) is 1. The van der Waals surface area contributed by atoms with E-state index in [2.05, 4.69) is 0 Å². The van der Waals surface area contributed by atoms with Gasteiger partial charge in [0, 0.05) is 13.2 Å². The summed E-state index contributed by atoms with van der Waals surface area (Å²) >= 11 is 0. The second-order valence-corrected chi connectivity index (χ2v) is 5.78. The second-order valence-electron chi connectivity index (χ2n) is 5.78. The molecule has 3 aliphatic rings. The van der Waals surface area contributed by atoms with Crippen LogP contribution in [0.2, 0.25) is 0 Å². The van der Waals surface area contributed by atoms with Crippen LogP contribution in [0.15, 0.2) is 0 Å². The lowest BCUT2D eigenvalue weighted by Crippen LogP contribution is -2.45. The van der Waals surface area contributed by atoms with Gasteiger partial charge < -0.3 is 15.6 Å². The van der Waals surface area contributed by atoms with Crippen molar-refractivity contribution in [2.45, 2.75) is 50.4 Å². The molecular formula is C12H21NO2. The lowest BCUT2D eigenvalue weighted by Gasteiger charge is -2.39. The largest absolute Gasteiger partial charge is 0.390 e. The van der Waals surface area contributed by atoms with Crippen LogP contribution in [0.3, 0.4) is 0 Å². The zero-order chi connectivity index (χ0) is 10.6. The Hall–Kier alpha value is -0.120. The summed E-state index contributed by atoms with van der Waals surface area (Å²) in [5.74, 6) is 1.48. The fourth-order valence-electron chi connectivity index (χ4n) is 4.57. The second kappa shape index (κ2) is 3.19. The number of aliphatic hydroxyl groups is 1. The highest BCUT2D eigenvalue weighted by atomic mass is 16.5. The molecule has 1 spiro atoms. The number of aliphatic hydroxyl groups excluding tert-OH is 1. The molecule has 3 saturated carbocycles. The Bertz CT molecular complexity index is 266. The molecule has 86 valence electrons. The van der Waals surface area contributed by atoms with E-state index in [1.807, 2.05) is 0 Å². The average molecular weight is 211 g/mol. The molecule has 0 amide bonds. The molecule has 3 rings (SSSR count). The maximum Gasteiger partial charge on any atom is 0.0836 e. The molecule has 3 heteroatoms. The van der Waals surface area contributed by atoms with Crippen LogP contribution in [0.5, 0.6) is 0 Å². The quantitative estimate of drug-likeness (QED) is 0.677. The van der Waals surface area contributed by atoms with Crippen LogP contribution in [0.4, 0.5) is 0 Å². The number of fused-ring (bicyclic) bond motifs is 3. The van der Waals surface area contributed by atoms with Crippen LogP contribution < -0.4 is 5.73 Å². The van der Waals surface area contributed by atoms with Gasteiger partial charge in [-0.05, 0) is 49.4 Å². The van der Waals surface area contributed by atoms with E-state index in [1.54, 1.807) is 7.11 Å². The van der Waals surface area contributed by atoms with E-state index in [1.165, 1.54) is 19.3 Å². The Labute approximate surface area is 91.0 Å². The first-order valence-electron chi connectivity index (χ1n) is 6.14. The molecule has 3 aliphatic carbocycles. The lowest BCUT2D eigenvalue weighted by molar-refractivity contribution is 0.00927. The molecule has 3 nitrogen and oxygen atoms in total. The number of hydrogen-bond donors (Lipinski definition) is 2. The van der Waals surface area contributed by atoms with Crippen LogP contribution in [0, 0.1) is 17.3 Å². The van der Waals surface area contributed by atoms with Crippen molar-refractivity contribution >= 4 is 0 Å². The first kappa shape index (κ1) is 10.1. The van der Waals surface area contributed by atoms with Crippen molar-refractivity contribution in [3.63, 3.8) is 0 Å². The van der Waals surface area contributed by atoms with Gasteiger partial charge >= 0.3 is 0 Å². The summed E-state index contributed by atoms with van der Waals surface area (Å²) in [6.45, 7) is 0. The summed E-state index contributed by atoms with van der Waals surface area (Å²) in [6, 6.07) is 0.311. The Morgan fingerprint density at radius 1 is 1.33 bits per heavy atom. The maximum atomic E-state index is 9.98. The van der Waals surface area contributed by atoms with Crippen LogP contribution in [0.1, 0.15) is 32.1 Å². The smallest absolute Gasteiger partial charge is 0.0836 e. The summed E-state index contributed by atoms with van der Waals surface area (Å²) in [7, 11) is 1.70. The fraction of sp³-hybridized carbons (Fsp3) is 1.00. The number of methoxy groups -OCH3 is 1. The van der Waals surface area contributed by atoms with Crippen molar-refractivity contribution in [1.29, 1.82) is 0 Å². The Balaban J connectivity index is 1.86. The standard InChI is InChI=1S/C12H21NO2/c1-15-10-6-12(5-9(10)14)8-3-2-7(4-8)11(12)13/h7-11,14H,2-6,13H2,1H3/t7?,8?,9-,10-,11+,12?/m0/s1. The first-order valence-corrected chi connectivity index (χ1v) is 6.14. The molecule has 3 unspecified atom stereocenters. The molecule has 0 aromatic carbocycles.